The summed E-state index contributed by atoms with van der Waals surface area (Å²) in [6.45, 7) is 18.9. The number of amides is 2. The number of likely N-dealkylation sites (N-methyl/N-ethyl adjacent to an activating group) is 1. The highest BCUT2D eigenvalue weighted by molar-refractivity contribution is 6.31. The van der Waals surface area contributed by atoms with Gasteiger partial charge in [-0.1, -0.05) is 45.4 Å². The first-order valence-electron chi connectivity index (χ1n) is 22.5. The average molecular weight is 896 g/mol. The molecule has 3 saturated heterocycles. The summed E-state index contributed by atoms with van der Waals surface area (Å²) in [6, 6.07) is 20.3. The Hall–Kier alpha value is -4.72. The van der Waals surface area contributed by atoms with Gasteiger partial charge < -0.3 is 34.9 Å². The summed E-state index contributed by atoms with van der Waals surface area (Å²) in [5.41, 5.74) is 1.38. The van der Waals surface area contributed by atoms with Gasteiger partial charge in [0, 0.05) is 93.5 Å². The van der Waals surface area contributed by atoms with E-state index in [1.54, 1.807) is 44.0 Å². The number of hydrogen-bond acceptors (Lipinski definition) is 12. The summed E-state index contributed by atoms with van der Waals surface area (Å²) < 4.78 is 19.1. The Labute approximate surface area is 382 Å². The monoisotopic (exact) mass is 894 g/mol. The van der Waals surface area contributed by atoms with Crippen molar-refractivity contribution in [2.75, 3.05) is 66.0 Å². The highest BCUT2D eigenvalue weighted by atomic mass is 35.5. The number of carbonyl (C=O) groups is 2. The number of nitriles is 1. The number of rotatable bonds is 13. The average Bonchev–Trinajstić information content (AvgIpc) is 3.77. The molecule has 2 atom stereocenters. The van der Waals surface area contributed by atoms with Gasteiger partial charge in [-0.05, 0) is 86.5 Å². The van der Waals surface area contributed by atoms with E-state index in [4.69, 9.17) is 25.8 Å². The Morgan fingerprint density at radius 2 is 1.62 bits per heavy atom. The Morgan fingerprint density at radius 1 is 0.953 bits per heavy atom. The van der Waals surface area contributed by atoms with Gasteiger partial charge in [0.25, 0.3) is 0 Å². The van der Waals surface area contributed by atoms with E-state index in [0.717, 1.165) is 68.1 Å². The topological polar surface area (TPSA) is 164 Å². The first kappa shape index (κ1) is 45.8. The van der Waals surface area contributed by atoms with Crippen LogP contribution in [0.25, 0.3) is 5.57 Å². The molecule has 342 valence electrons. The van der Waals surface area contributed by atoms with Crippen molar-refractivity contribution >= 4 is 29.0 Å². The predicted molar refractivity (Wildman–Crippen MR) is 246 cm³/mol. The molecule has 5 N–H and O–H groups in total. The Balaban J connectivity index is 0.770. The summed E-state index contributed by atoms with van der Waals surface area (Å²) in [6.07, 6.45) is 2.61. The van der Waals surface area contributed by atoms with Crippen molar-refractivity contribution in [3.05, 3.63) is 88.6 Å². The SMILES string of the molecule is CN1C=C(c2cc(C(C)(C)O)ccc2Oc2ccc(OCCN3CCN(C4NCC(C(=O)NC5C(C)(C)C(Oc6ccc(C#N)c(Cl)c6)C5(C)C)CN4)CC3)cc2)C2CCNC2C1=O. The molecule has 3 aromatic carbocycles. The van der Waals surface area contributed by atoms with Gasteiger partial charge >= 0.3 is 0 Å². The molecule has 1 aliphatic carbocycles. The molecule has 15 heteroatoms. The van der Waals surface area contributed by atoms with Crippen LogP contribution in [-0.4, -0.2) is 122 Å². The van der Waals surface area contributed by atoms with Crippen molar-refractivity contribution < 1.29 is 28.9 Å². The van der Waals surface area contributed by atoms with Crippen LogP contribution < -0.4 is 35.5 Å². The van der Waals surface area contributed by atoms with E-state index in [1.807, 2.05) is 48.7 Å². The number of hydrogen-bond donors (Lipinski definition) is 5. The first-order valence-corrected chi connectivity index (χ1v) is 22.9. The molecular weight excluding hydrogens is 832 g/mol. The van der Waals surface area contributed by atoms with E-state index < -0.39 is 5.60 Å². The van der Waals surface area contributed by atoms with Crippen molar-refractivity contribution in [1.29, 1.82) is 5.26 Å². The molecule has 1 saturated carbocycles. The smallest absolute Gasteiger partial charge is 0.244 e. The fraction of sp³-hybridized carbons (Fsp3) is 0.531. The van der Waals surface area contributed by atoms with Crippen molar-refractivity contribution in [3.8, 4) is 29.1 Å². The normalized spacial score (nSPS) is 26.8. The lowest BCUT2D eigenvalue weighted by atomic mass is 9.49. The standard InChI is InChI=1S/C49H63ClN8O6/c1-47(2)44(48(3,4)45(47)64-35-10-8-30(26-51)39(50)25-35)55-42(59)31-27-53-46(54-28-31)58-20-18-57(19-21-58)22-23-62-33-11-13-34(14-12-33)63-40-15-9-32(49(5,6)61)24-37(40)38-29-56(7)43(60)41-36(38)16-17-52-41/h8-15,24-25,29,31,36,41,44-46,52-54,61H,16-23,27-28H2,1-7H3,(H,55,59). The molecule has 4 aliphatic heterocycles. The fourth-order valence-corrected chi connectivity index (χ4v) is 10.8. The molecular formula is C49H63ClN8O6. The van der Waals surface area contributed by atoms with Gasteiger partial charge in [-0.25, -0.2) is 0 Å². The fourth-order valence-electron chi connectivity index (χ4n) is 10.6. The zero-order valence-corrected chi connectivity index (χ0v) is 38.8. The number of ether oxygens (including phenoxy) is 3. The van der Waals surface area contributed by atoms with Crippen LogP contribution >= 0.6 is 11.6 Å². The number of fused-ring (bicyclic) bond motifs is 1. The van der Waals surface area contributed by atoms with E-state index in [2.05, 4.69) is 64.8 Å². The van der Waals surface area contributed by atoms with E-state index in [-0.39, 0.29) is 59.0 Å². The molecule has 64 heavy (non-hydrogen) atoms. The third-order valence-electron chi connectivity index (χ3n) is 14.0. The Bertz CT molecular complexity index is 2260. The number of aliphatic hydroxyl groups is 1. The van der Waals surface area contributed by atoms with E-state index in [9.17, 15) is 20.0 Å². The van der Waals surface area contributed by atoms with Crippen LogP contribution in [0.5, 0.6) is 23.0 Å². The number of nitrogens with one attached hydrogen (secondary N) is 4. The maximum Gasteiger partial charge on any atom is 0.244 e. The van der Waals surface area contributed by atoms with Crippen LogP contribution in [0, 0.1) is 34.0 Å². The van der Waals surface area contributed by atoms with Crippen LogP contribution in [0.4, 0.5) is 0 Å². The molecule has 4 heterocycles. The quantitative estimate of drug-likeness (QED) is 0.155. The molecule has 0 aromatic heterocycles. The van der Waals surface area contributed by atoms with Crippen LogP contribution in [0.15, 0.2) is 66.9 Å². The van der Waals surface area contributed by atoms with Gasteiger partial charge in [-0.3, -0.25) is 30.0 Å². The highest BCUT2D eigenvalue weighted by Gasteiger charge is 2.64. The van der Waals surface area contributed by atoms with Gasteiger partial charge in [0.15, 0.2) is 0 Å². The third kappa shape index (κ3) is 9.35. The van der Waals surface area contributed by atoms with Gasteiger partial charge in [-0.15, -0.1) is 0 Å². The molecule has 8 rings (SSSR count). The van der Waals surface area contributed by atoms with Crippen LogP contribution in [0.2, 0.25) is 5.02 Å². The van der Waals surface area contributed by atoms with Crippen LogP contribution in [0.1, 0.15) is 64.7 Å². The lowest BCUT2D eigenvalue weighted by Crippen LogP contribution is -2.75. The second-order valence-electron chi connectivity index (χ2n) is 19.7. The van der Waals surface area contributed by atoms with Gasteiger partial charge in [0.1, 0.15) is 48.1 Å². The van der Waals surface area contributed by atoms with Crippen molar-refractivity contribution in [3.63, 3.8) is 0 Å². The molecule has 14 nitrogen and oxygen atoms in total. The maximum atomic E-state index is 13.6. The molecule has 0 bridgehead atoms. The molecule has 2 amide bonds. The minimum absolute atomic E-state index is 0.00824. The maximum absolute atomic E-state index is 13.6. The zero-order valence-electron chi connectivity index (χ0n) is 38.0. The largest absolute Gasteiger partial charge is 0.492 e. The number of piperazine rings is 1. The molecule has 0 spiro atoms. The Morgan fingerprint density at radius 3 is 2.28 bits per heavy atom. The third-order valence-corrected chi connectivity index (χ3v) is 14.3. The van der Waals surface area contributed by atoms with Gasteiger partial charge in [-0.2, -0.15) is 5.26 Å². The number of carbonyl (C=O) groups excluding carboxylic acids is 2. The zero-order chi connectivity index (χ0) is 45.6. The van der Waals surface area contributed by atoms with E-state index in [0.29, 0.717) is 47.5 Å². The first-order chi connectivity index (χ1) is 30.4. The molecule has 5 aliphatic rings. The summed E-state index contributed by atoms with van der Waals surface area (Å²) in [5.74, 6) is 2.62. The molecule has 4 fully saturated rings. The summed E-state index contributed by atoms with van der Waals surface area (Å²) >= 11 is 6.27. The molecule has 0 radical (unpaired) electrons. The minimum atomic E-state index is -1.04. The van der Waals surface area contributed by atoms with E-state index >= 15 is 0 Å². The molecule has 2 unspecified atom stereocenters. The van der Waals surface area contributed by atoms with Gasteiger partial charge in [0.2, 0.25) is 11.8 Å². The van der Waals surface area contributed by atoms with Crippen molar-refractivity contribution in [2.45, 2.75) is 78.0 Å². The lowest BCUT2D eigenvalue weighted by molar-refractivity contribution is -0.174. The van der Waals surface area contributed by atoms with Crippen molar-refractivity contribution in [1.82, 2.24) is 36.0 Å². The molecule has 3 aromatic rings. The summed E-state index contributed by atoms with van der Waals surface area (Å²) in [4.78, 5) is 32.9. The summed E-state index contributed by atoms with van der Waals surface area (Å²) in [5, 5.41) is 34.3. The highest BCUT2D eigenvalue weighted by Crippen LogP contribution is 2.55. The summed E-state index contributed by atoms with van der Waals surface area (Å²) in [7, 11) is 1.78. The second kappa shape index (κ2) is 18.3. The Kier molecular flexibility index (Phi) is 13.1. The second-order valence-corrected chi connectivity index (χ2v) is 20.1. The number of halogens is 1. The number of nitrogens with zero attached hydrogens (tertiary/aromatic N) is 4. The number of benzene rings is 3. The van der Waals surface area contributed by atoms with E-state index in [1.165, 1.54) is 0 Å². The minimum Gasteiger partial charge on any atom is -0.492 e. The van der Waals surface area contributed by atoms with Crippen LogP contribution in [0.3, 0.4) is 0 Å². The van der Waals surface area contributed by atoms with Crippen molar-refractivity contribution in [2.24, 2.45) is 22.7 Å². The lowest BCUT2D eigenvalue weighted by Gasteiger charge is -2.63. The predicted octanol–water partition coefficient (Wildman–Crippen LogP) is 5.11. The van der Waals surface area contributed by atoms with Crippen LogP contribution in [-0.2, 0) is 15.2 Å². The van der Waals surface area contributed by atoms with Gasteiger partial charge in [0.05, 0.1) is 28.1 Å².